The molecule has 0 radical (unpaired) electrons. The van der Waals surface area contributed by atoms with Crippen molar-refractivity contribution in [2.45, 2.75) is 19.1 Å². The second-order valence-corrected chi connectivity index (χ2v) is 9.85. The number of amides is 1. The Bertz CT molecular complexity index is 1280. The average molecular weight is 510 g/mol. The highest BCUT2D eigenvalue weighted by Gasteiger charge is 2.31. The van der Waals surface area contributed by atoms with E-state index < -0.39 is 17.6 Å². The van der Waals surface area contributed by atoms with Crippen LogP contribution in [-0.4, -0.2) is 29.4 Å². The minimum Gasteiger partial charge on any atom is -0.313 e. The van der Waals surface area contributed by atoms with Crippen LogP contribution in [0.3, 0.4) is 0 Å². The van der Waals surface area contributed by atoms with Crippen molar-refractivity contribution in [1.82, 2.24) is 9.88 Å². The van der Waals surface area contributed by atoms with Gasteiger partial charge >= 0.3 is 6.18 Å². The number of nitrogens with one attached hydrogen (secondary N) is 1. The lowest BCUT2D eigenvalue weighted by molar-refractivity contribution is -0.137. The number of rotatable bonds is 3. The number of fused-ring (bicyclic) bond motifs is 2. The van der Waals surface area contributed by atoms with Gasteiger partial charge in [0.2, 0.25) is 0 Å². The summed E-state index contributed by atoms with van der Waals surface area (Å²) in [4.78, 5) is 21.1. The smallest absolute Gasteiger partial charge is 0.313 e. The van der Waals surface area contributed by atoms with E-state index in [1.54, 1.807) is 11.3 Å². The quantitative estimate of drug-likeness (QED) is 0.334. The highest BCUT2D eigenvalue weighted by atomic mass is 35.5. The number of anilines is 1. The van der Waals surface area contributed by atoms with E-state index in [9.17, 15) is 18.0 Å². The third kappa shape index (κ3) is 4.63. The number of nitrogens with zero attached hydrogens (tertiary/aromatic N) is 2. The van der Waals surface area contributed by atoms with E-state index in [0.29, 0.717) is 5.00 Å². The van der Waals surface area contributed by atoms with Gasteiger partial charge in [0.05, 0.1) is 15.8 Å². The summed E-state index contributed by atoms with van der Waals surface area (Å²) in [6.45, 7) is 1.70. The molecule has 172 valence electrons. The Labute approximate surface area is 202 Å². The van der Waals surface area contributed by atoms with Crippen molar-refractivity contribution in [3.63, 3.8) is 0 Å². The van der Waals surface area contributed by atoms with E-state index in [0.717, 1.165) is 52.4 Å². The number of thiophene rings is 1. The average Bonchev–Trinajstić information content (AvgIpc) is 3.33. The molecule has 10 heteroatoms. The molecule has 0 atom stereocenters. The van der Waals surface area contributed by atoms with Crippen LogP contribution in [0.5, 0.6) is 0 Å². The van der Waals surface area contributed by atoms with Gasteiger partial charge in [-0.15, -0.1) is 35.1 Å². The Balaban J connectivity index is 0.00000259. The third-order valence-electron chi connectivity index (χ3n) is 5.46. The fraction of sp³-hybridized carbons (Fsp3) is 0.217. The summed E-state index contributed by atoms with van der Waals surface area (Å²) in [5.41, 5.74) is 2.42. The molecule has 1 amide bonds. The zero-order valence-corrected chi connectivity index (χ0v) is 19.9. The first-order chi connectivity index (χ1) is 15.3. The van der Waals surface area contributed by atoms with Gasteiger partial charge in [0.1, 0.15) is 10.0 Å². The summed E-state index contributed by atoms with van der Waals surface area (Å²) in [5.74, 6) is -0.437. The number of hydrogen-bond donors (Lipinski definition) is 1. The van der Waals surface area contributed by atoms with E-state index in [4.69, 9.17) is 4.98 Å². The maximum atomic E-state index is 12.9. The normalized spacial score (nSPS) is 14.1. The molecule has 0 spiro atoms. The van der Waals surface area contributed by atoms with Crippen LogP contribution in [-0.2, 0) is 19.1 Å². The van der Waals surface area contributed by atoms with Crippen LogP contribution < -0.4 is 5.32 Å². The van der Waals surface area contributed by atoms with Crippen molar-refractivity contribution in [3.05, 3.63) is 70.1 Å². The molecule has 1 aliphatic rings. The van der Waals surface area contributed by atoms with Crippen molar-refractivity contribution in [3.8, 4) is 10.6 Å². The third-order valence-corrected chi connectivity index (χ3v) is 7.64. The summed E-state index contributed by atoms with van der Waals surface area (Å²) < 4.78 is 39.6. The fourth-order valence-electron chi connectivity index (χ4n) is 3.81. The van der Waals surface area contributed by atoms with Crippen LogP contribution in [0.15, 0.2) is 48.5 Å². The molecular weight excluding hydrogens is 491 g/mol. The topological polar surface area (TPSA) is 45.2 Å². The van der Waals surface area contributed by atoms with Crippen LogP contribution >= 0.6 is 35.1 Å². The Hall–Kier alpha value is -2.46. The van der Waals surface area contributed by atoms with Crippen molar-refractivity contribution in [2.24, 2.45) is 0 Å². The Morgan fingerprint density at radius 2 is 1.82 bits per heavy atom. The van der Waals surface area contributed by atoms with E-state index >= 15 is 0 Å². The minimum absolute atomic E-state index is 0. The van der Waals surface area contributed by atoms with Gasteiger partial charge in [0.15, 0.2) is 0 Å². The molecule has 0 fully saturated rings. The predicted octanol–water partition coefficient (Wildman–Crippen LogP) is 6.71. The van der Waals surface area contributed by atoms with Gasteiger partial charge in [-0.1, -0.05) is 12.1 Å². The molecule has 1 aliphatic heterocycles. The van der Waals surface area contributed by atoms with Crippen LogP contribution in [0, 0.1) is 0 Å². The van der Waals surface area contributed by atoms with E-state index in [1.807, 2.05) is 24.3 Å². The summed E-state index contributed by atoms with van der Waals surface area (Å²) in [6, 6.07) is 12.2. The number of carbonyl (C=O) groups excluding carboxylic acids is 1. The summed E-state index contributed by atoms with van der Waals surface area (Å²) in [6.07, 6.45) is -3.59. The molecule has 0 unspecified atom stereocenters. The molecular formula is C23H19ClF3N3OS2. The SMILES string of the molecule is CN1CCc2c(sc(NC(=O)c3ccc(C(F)(F)F)cc3)c2-c2nc3ccccc3s2)C1.Cl. The fourth-order valence-corrected chi connectivity index (χ4v) is 6.24. The molecule has 4 nitrogen and oxygen atoms in total. The summed E-state index contributed by atoms with van der Waals surface area (Å²) in [5, 5.41) is 4.48. The Kier molecular flexibility index (Phi) is 6.50. The lowest BCUT2D eigenvalue weighted by Gasteiger charge is -2.22. The predicted molar refractivity (Wildman–Crippen MR) is 130 cm³/mol. The standard InChI is InChI=1S/C23H18F3N3OS2.ClH/c1-29-11-10-15-18(12-29)32-22(19(15)21-27-16-4-2-3-5-17(16)31-21)28-20(30)13-6-8-14(9-7-13)23(24,25)26;/h2-9H,10-12H2,1H3,(H,28,30);1H. The maximum absolute atomic E-state index is 12.9. The zero-order valence-electron chi connectivity index (χ0n) is 17.4. The van der Waals surface area contributed by atoms with Crippen LogP contribution in [0.4, 0.5) is 18.2 Å². The number of halogens is 4. The molecule has 0 bridgehead atoms. The van der Waals surface area contributed by atoms with Gasteiger partial charge in [-0.2, -0.15) is 13.2 Å². The second kappa shape index (κ2) is 9.06. The number of hydrogen-bond acceptors (Lipinski definition) is 5. The van der Waals surface area contributed by atoms with Crippen LogP contribution in [0.2, 0.25) is 0 Å². The highest BCUT2D eigenvalue weighted by Crippen LogP contribution is 2.45. The summed E-state index contributed by atoms with van der Waals surface area (Å²) in [7, 11) is 2.06. The first-order valence-corrected chi connectivity index (χ1v) is 11.6. The highest BCUT2D eigenvalue weighted by molar-refractivity contribution is 7.23. The number of benzene rings is 2. The first kappa shape index (κ1) is 23.7. The molecule has 3 heterocycles. The van der Waals surface area contributed by atoms with E-state index in [1.165, 1.54) is 33.9 Å². The van der Waals surface area contributed by atoms with Gasteiger partial charge in [0, 0.05) is 29.1 Å². The number of thiazole rings is 1. The van der Waals surface area contributed by atoms with Crippen molar-refractivity contribution in [2.75, 3.05) is 18.9 Å². The molecule has 2 aromatic carbocycles. The zero-order chi connectivity index (χ0) is 22.5. The summed E-state index contributed by atoms with van der Waals surface area (Å²) >= 11 is 3.09. The number of carbonyl (C=O) groups is 1. The van der Waals surface area contributed by atoms with Gasteiger partial charge in [0.25, 0.3) is 5.91 Å². The van der Waals surface area contributed by atoms with Gasteiger partial charge in [-0.25, -0.2) is 4.98 Å². The van der Waals surface area contributed by atoms with Crippen LogP contribution in [0.1, 0.15) is 26.4 Å². The van der Waals surface area contributed by atoms with Crippen molar-refractivity contribution >= 4 is 56.2 Å². The Morgan fingerprint density at radius 1 is 1.09 bits per heavy atom. The molecule has 2 aromatic heterocycles. The van der Waals surface area contributed by atoms with E-state index in [2.05, 4.69) is 17.3 Å². The van der Waals surface area contributed by atoms with Crippen molar-refractivity contribution < 1.29 is 18.0 Å². The van der Waals surface area contributed by atoms with E-state index in [-0.39, 0.29) is 18.0 Å². The molecule has 33 heavy (non-hydrogen) atoms. The number of alkyl halides is 3. The number of likely N-dealkylation sites (N-methyl/N-ethyl adjacent to an activating group) is 1. The molecule has 4 aromatic rings. The molecule has 0 aliphatic carbocycles. The minimum atomic E-state index is -4.44. The lowest BCUT2D eigenvalue weighted by Crippen LogP contribution is -2.25. The molecule has 5 rings (SSSR count). The number of aromatic nitrogens is 1. The van der Waals surface area contributed by atoms with Crippen LogP contribution in [0.25, 0.3) is 20.8 Å². The molecule has 0 saturated carbocycles. The van der Waals surface area contributed by atoms with Crippen molar-refractivity contribution in [1.29, 1.82) is 0 Å². The first-order valence-electron chi connectivity index (χ1n) is 9.97. The molecule has 1 N–H and O–H groups in total. The number of para-hydroxylation sites is 1. The monoisotopic (exact) mass is 509 g/mol. The maximum Gasteiger partial charge on any atom is 0.416 e. The Morgan fingerprint density at radius 3 is 2.52 bits per heavy atom. The van der Waals surface area contributed by atoms with Gasteiger partial charge in [-0.3, -0.25) is 4.79 Å². The lowest BCUT2D eigenvalue weighted by atomic mass is 10.0. The van der Waals surface area contributed by atoms with Gasteiger partial charge in [-0.05, 0) is 55.4 Å². The largest absolute Gasteiger partial charge is 0.416 e. The van der Waals surface area contributed by atoms with Gasteiger partial charge < -0.3 is 10.2 Å². The second-order valence-electron chi connectivity index (χ2n) is 7.71. The molecule has 0 saturated heterocycles.